The maximum Gasteiger partial charge on any atom is 0.243 e. The fraction of sp³-hybridized carbons (Fsp3) is 0.571. The van der Waals surface area contributed by atoms with Gasteiger partial charge in [0.05, 0.1) is 11.0 Å². The Kier molecular flexibility index (Phi) is 5.27. The van der Waals surface area contributed by atoms with E-state index in [0.717, 1.165) is 18.4 Å². The van der Waals surface area contributed by atoms with E-state index in [0.29, 0.717) is 23.7 Å². The molecule has 0 saturated carbocycles. The van der Waals surface area contributed by atoms with E-state index < -0.39 is 10.0 Å². The molecular formula is C14H21ClN2O3S. The Balaban J connectivity index is 2.32. The van der Waals surface area contributed by atoms with Crippen molar-refractivity contribution in [2.75, 3.05) is 20.2 Å². The number of hydrogen-bond donors (Lipinski definition) is 1. The molecule has 0 aliphatic carbocycles. The highest BCUT2D eigenvalue weighted by atomic mass is 35.5. The van der Waals surface area contributed by atoms with Crippen LogP contribution >= 0.6 is 11.6 Å². The van der Waals surface area contributed by atoms with Crippen molar-refractivity contribution in [3.05, 3.63) is 28.3 Å². The van der Waals surface area contributed by atoms with Crippen LogP contribution in [0.4, 0.5) is 0 Å². The number of nitrogens with zero attached hydrogens (tertiary/aromatic N) is 1. The van der Waals surface area contributed by atoms with Crippen molar-refractivity contribution in [3.63, 3.8) is 0 Å². The third kappa shape index (κ3) is 3.57. The molecule has 2 rings (SSSR count). The summed E-state index contributed by atoms with van der Waals surface area (Å²) in [6.45, 7) is 3.06. The molecule has 118 valence electrons. The molecule has 0 radical (unpaired) electrons. The van der Waals surface area contributed by atoms with Gasteiger partial charge in [-0.25, -0.2) is 8.42 Å². The molecule has 0 amide bonds. The predicted molar refractivity (Wildman–Crippen MR) is 82.9 cm³/mol. The van der Waals surface area contributed by atoms with Gasteiger partial charge in [0.1, 0.15) is 0 Å². The second kappa shape index (κ2) is 6.62. The van der Waals surface area contributed by atoms with Crippen LogP contribution in [0.1, 0.15) is 24.0 Å². The average molecular weight is 333 g/mol. The van der Waals surface area contributed by atoms with E-state index in [-0.39, 0.29) is 17.5 Å². The van der Waals surface area contributed by atoms with Crippen molar-refractivity contribution >= 4 is 21.6 Å². The summed E-state index contributed by atoms with van der Waals surface area (Å²) in [6.07, 6.45) is 1.84. The van der Waals surface area contributed by atoms with Crippen molar-refractivity contribution in [3.8, 4) is 0 Å². The molecule has 0 spiro atoms. The van der Waals surface area contributed by atoms with E-state index in [1.807, 2.05) is 0 Å². The van der Waals surface area contributed by atoms with Crippen molar-refractivity contribution < 1.29 is 13.2 Å². The van der Waals surface area contributed by atoms with Gasteiger partial charge in [0.15, 0.2) is 0 Å². The van der Waals surface area contributed by atoms with Crippen LogP contribution in [0.25, 0.3) is 0 Å². The van der Waals surface area contributed by atoms with Crippen LogP contribution in [-0.4, -0.2) is 39.0 Å². The third-order valence-electron chi connectivity index (χ3n) is 3.83. The van der Waals surface area contributed by atoms with Crippen LogP contribution in [-0.2, 0) is 21.3 Å². The molecular weight excluding hydrogens is 312 g/mol. The predicted octanol–water partition coefficient (Wildman–Crippen LogP) is 1.91. The van der Waals surface area contributed by atoms with Crippen LogP contribution < -0.4 is 5.73 Å². The summed E-state index contributed by atoms with van der Waals surface area (Å²) in [5, 5.41) is 0.380. The Morgan fingerprint density at radius 3 is 2.76 bits per heavy atom. The van der Waals surface area contributed by atoms with E-state index in [1.54, 1.807) is 20.0 Å². The highest BCUT2D eigenvalue weighted by Crippen LogP contribution is 2.27. The van der Waals surface area contributed by atoms with Crippen LogP contribution in [0.5, 0.6) is 0 Å². The number of halogens is 1. The average Bonchev–Trinajstić information content (AvgIpc) is 2.93. The van der Waals surface area contributed by atoms with E-state index in [1.165, 1.54) is 10.4 Å². The van der Waals surface area contributed by atoms with Gasteiger partial charge in [-0.1, -0.05) is 11.6 Å². The Bertz CT molecular complexity index is 613. The normalized spacial score (nSPS) is 19.4. The molecule has 0 bridgehead atoms. The monoisotopic (exact) mass is 332 g/mol. The SMILES string of the molecule is Cc1c(CN)cc(Cl)cc1S(=O)(=O)N(C)CC1CCCO1. The van der Waals surface area contributed by atoms with Crippen molar-refractivity contribution in [2.24, 2.45) is 5.73 Å². The second-order valence-electron chi connectivity index (χ2n) is 5.31. The summed E-state index contributed by atoms with van der Waals surface area (Å²) in [4.78, 5) is 0.218. The van der Waals surface area contributed by atoms with Gasteiger partial charge in [0.2, 0.25) is 10.0 Å². The minimum Gasteiger partial charge on any atom is -0.377 e. The Hall–Kier alpha value is -0.660. The number of benzene rings is 1. The van der Waals surface area contributed by atoms with E-state index in [9.17, 15) is 8.42 Å². The zero-order valence-corrected chi connectivity index (χ0v) is 13.9. The van der Waals surface area contributed by atoms with Crippen LogP contribution in [0.15, 0.2) is 17.0 Å². The molecule has 2 N–H and O–H groups in total. The van der Waals surface area contributed by atoms with Gasteiger partial charge in [-0.3, -0.25) is 0 Å². The fourth-order valence-corrected chi connectivity index (χ4v) is 4.33. The minimum absolute atomic E-state index is 0.0294. The topological polar surface area (TPSA) is 72.6 Å². The Morgan fingerprint density at radius 2 is 2.19 bits per heavy atom. The van der Waals surface area contributed by atoms with Crippen LogP contribution in [0, 0.1) is 6.92 Å². The van der Waals surface area contributed by atoms with Crippen molar-refractivity contribution in [2.45, 2.75) is 37.3 Å². The number of hydrogen-bond acceptors (Lipinski definition) is 4. The lowest BCUT2D eigenvalue weighted by Gasteiger charge is -2.22. The van der Waals surface area contributed by atoms with E-state index in [2.05, 4.69) is 0 Å². The summed E-state index contributed by atoms with van der Waals surface area (Å²) in [6, 6.07) is 3.19. The molecule has 0 aromatic heterocycles. The second-order valence-corrected chi connectivity index (χ2v) is 7.76. The minimum atomic E-state index is -3.60. The largest absolute Gasteiger partial charge is 0.377 e. The zero-order valence-electron chi connectivity index (χ0n) is 12.3. The lowest BCUT2D eigenvalue weighted by Crippen LogP contribution is -2.34. The molecule has 1 atom stereocenters. The molecule has 5 nitrogen and oxygen atoms in total. The quantitative estimate of drug-likeness (QED) is 0.894. The number of ether oxygens (including phenoxy) is 1. The van der Waals surface area contributed by atoms with Gasteiger partial charge < -0.3 is 10.5 Å². The Labute approximate surface area is 131 Å². The van der Waals surface area contributed by atoms with Crippen molar-refractivity contribution in [1.29, 1.82) is 0 Å². The first-order valence-electron chi connectivity index (χ1n) is 6.93. The molecule has 1 aliphatic heterocycles. The lowest BCUT2D eigenvalue weighted by molar-refractivity contribution is 0.0979. The summed E-state index contributed by atoms with van der Waals surface area (Å²) >= 11 is 6.02. The lowest BCUT2D eigenvalue weighted by atomic mass is 10.1. The first-order chi connectivity index (χ1) is 9.86. The van der Waals surface area contributed by atoms with E-state index in [4.69, 9.17) is 22.1 Å². The highest BCUT2D eigenvalue weighted by Gasteiger charge is 2.28. The number of rotatable bonds is 5. The molecule has 21 heavy (non-hydrogen) atoms. The molecule has 1 saturated heterocycles. The first kappa shape index (κ1) is 16.7. The molecule has 1 fully saturated rings. The van der Waals surface area contributed by atoms with Crippen LogP contribution in [0.2, 0.25) is 5.02 Å². The van der Waals surface area contributed by atoms with Gasteiger partial charge in [0, 0.05) is 31.8 Å². The molecule has 1 unspecified atom stereocenters. The smallest absolute Gasteiger partial charge is 0.243 e. The van der Waals surface area contributed by atoms with Gasteiger partial charge in [-0.2, -0.15) is 4.31 Å². The number of sulfonamides is 1. The van der Waals surface area contributed by atoms with Gasteiger partial charge >= 0.3 is 0 Å². The molecule has 1 heterocycles. The van der Waals surface area contributed by atoms with E-state index >= 15 is 0 Å². The number of nitrogens with two attached hydrogens (primary N) is 1. The summed E-state index contributed by atoms with van der Waals surface area (Å²) in [5.74, 6) is 0. The van der Waals surface area contributed by atoms with Gasteiger partial charge in [-0.15, -0.1) is 0 Å². The van der Waals surface area contributed by atoms with Gasteiger partial charge in [0.25, 0.3) is 0 Å². The van der Waals surface area contributed by atoms with Crippen LogP contribution in [0.3, 0.4) is 0 Å². The van der Waals surface area contributed by atoms with Gasteiger partial charge in [-0.05, 0) is 43.0 Å². The molecule has 1 aliphatic rings. The van der Waals surface area contributed by atoms with Crippen molar-refractivity contribution in [1.82, 2.24) is 4.31 Å². The maximum atomic E-state index is 12.7. The number of likely N-dealkylation sites (N-methyl/N-ethyl adjacent to an activating group) is 1. The summed E-state index contributed by atoms with van der Waals surface area (Å²) in [7, 11) is -2.03. The fourth-order valence-electron chi connectivity index (χ4n) is 2.53. The molecule has 1 aromatic rings. The standard InChI is InChI=1S/C14H21ClN2O3S/c1-10-11(8-16)6-12(15)7-14(10)21(18,19)17(2)9-13-4-3-5-20-13/h6-7,13H,3-5,8-9,16H2,1-2H3. The first-order valence-corrected chi connectivity index (χ1v) is 8.75. The zero-order chi connectivity index (χ0) is 15.6. The summed E-state index contributed by atoms with van der Waals surface area (Å²) < 4.78 is 32.3. The Morgan fingerprint density at radius 1 is 1.48 bits per heavy atom. The summed E-state index contributed by atoms with van der Waals surface area (Å²) in [5.41, 5.74) is 7.05. The third-order valence-corrected chi connectivity index (χ3v) is 5.99. The highest BCUT2D eigenvalue weighted by molar-refractivity contribution is 7.89. The molecule has 1 aromatic carbocycles. The maximum absolute atomic E-state index is 12.7. The molecule has 7 heteroatoms.